The molecule has 0 bridgehead atoms. The van der Waals surface area contributed by atoms with Crippen molar-refractivity contribution in [1.29, 1.82) is 0 Å². The third-order valence-electron chi connectivity index (χ3n) is 4.55. The standard InChI is InChI=1S/C23H22F2N2O4S/c1-16-3-5-17(6-4-16)14-27(32(2,29)30)19-8-10-20(11-9-19)31-15-23(28)26-22-12-7-18(24)13-21(22)25/h3-13H,14-15H2,1-2H3,(H,26,28). The molecule has 0 atom stereocenters. The topological polar surface area (TPSA) is 75.7 Å². The number of hydrogen-bond acceptors (Lipinski definition) is 4. The van der Waals surface area contributed by atoms with Crippen molar-refractivity contribution in [3.8, 4) is 5.75 Å². The zero-order valence-electron chi connectivity index (χ0n) is 17.5. The van der Waals surface area contributed by atoms with Crippen LogP contribution in [0.15, 0.2) is 66.7 Å². The van der Waals surface area contributed by atoms with Crippen LogP contribution in [0.4, 0.5) is 20.2 Å². The lowest BCUT2D eigenvalue weighted by molar-refractivity contribution is -0.118. The van der Waals surface area contributed by atoms with E-state index in [1.807, 2.05) is 31.2 Å². The van der Waals surface area contributed by atoms with Gasteiger partial charge < -0.3 is 10.1 Å². The molecule has 0 fully saturated rings. The first-order valence-corrected chi connectivity index (χ1v) is 11.5. The van der Waals surface area contributed by atoms with Gasteiger partial charge >= 0.3 is 0 Å². The molecule has 3 aromatic carbocycles. The Morgan fingerprint density at radius 2 is 1.66 bits per heavy atom. The van der Waals surface area contributed by atoms with Crippen molar-refractivity contribution < 1.29 is 26.7 Å². The van der Waals surface area contributed by atoms with Crippen LogP contribution < -0.4 is 14.4 Å². The minimum Gasteiger partial charge on any atom is -0.484 e. The van der Waals surface area contributed by atoms with Crippen LogP contribution in [0.1, 0.15) is 11.1 Å². The minimum atomic E-state index is -3.54. The van der Waals surface area contributed by atoms with Gasteiger partial charge in [0.05, 0.1) is 24.2 Å². The lowest BCUT2D eigenvalue weighted by Crippen LogP contribution is -2.29. The van der Waals surface area contributed by atoms with Crippen molar-refractivity contribution in [2.24, 2.45) is 0 Å². The molecular formula is C23H22F2N2O4S. The van der Waals surface area contributed by atoms with E-state index in [0.29, 0.717) is 17.5 Å². The summed E-state index contributed by atoms with van der Waals surface area (Å²) in [7, 11) is -3.54. The molecule has 3 aromatic rings. The Bertz CT molecular complexity index is 1200. The number of benzene rings is 3. The smallest absolute Gasteiger partial charge is 0.262 e. The highest BCUT2D eigenvalue weighted by Crippen LogP contribution is 2.24. The summed E-state index contributed by atoms with van der Waals surface area (Å²) in [6.45, 7) is 1.72. The summed E-state index contributed by atoms with van der Waals surface area (Å²) in [4.78, 5) is 12.0. The van der Waals surface area contributed by atoms with Crippen LogP contribution in [0.5, 0.6) is 5.75 Å². The number of carbonyl (C=O) groups excluding carboxylic acids is 1. The summed E-state index contributed by atoms with van der Waals surface area (Å²) in [6.07, 6.45) is 1.13. The molecule has 0 unspecified atom stereocenters. The zero-order valence-corrected chi connectivity index (χ0v) is 18.3. The molecule has 0 radical (unpaired) electrons. The molecule has 0 aromatic heterocycles. The number of rotatable bonds is 8. The molecular weight excluding hydrogens is 438 g/mol. The van der Waals surface area contributed by atoms with Gasteiger partial charge in [-0.2, -0.15) is 0 Å². The number of nitrogens with zero attached hydrogens (tertiary/aromatic N) is 1. The summed E-state index contributed by atoms with van der Waals surface area (Å²) >= 11 is 0. The van der Waals surface area contributed by atoms with E-state index in [2.05, 4.69) is 5.32 Å². The maximum absolute atomic E-state index is 13.6. The Hall–Kier alpha value is -3.46. The lowest BCUT2D eigenvalue weighted by Gasteiger charge is -2.23. The highest BCUT2D eigenvalue weighted by Gasteiger charge is 2.18. The van der Waals surface area contributed by atoms with Crippen LogP contribution in [0.2, 0.25) is 0 Å². The van der Waals surface area contributed by atoms with E-state index < -0.39 is 34.2 Å². The lowest BCUT2D eigenvalue weighted by atomic mass is 10.1. The molecule has 6 nitrogen and oxygen atoms in total. The normalized spacial score (nSPS) is 11.1. The van der Waals surface area contributed by atoms with Crippen molar-refractivity contribution in [1.82, 2.24) is 0 Å². The van der Waals surface area contributed by atoms with E-state index in [4.69, 9.17) is 4.74 Å². The number of hydrogen-bond donors (Lipinski definition) is 1. The summed E-state index contributed by atoms with van der Waals surface area (Å²) in [5, 5.41) is 2.30. The number of carbonyl (C=O) groups is 1. The largest absolute Gasteiger partial charge is 0.484 e. The molecule has 0 aliphatic rings. The van der Waals surface area contributed by atoms with E-state index in [9.17, 15) is 22.0 Å². The van der Waals surface area contributed by atoms with Crippen LogP contribution >= 0.6 is 0 Å². The average molecular weight is 461 g/mol. The van der Waals surface area contributed by atoms with Crippen LogP contribution in [0.25, 0.3) is 0 Å². The summed E-state index contributed by atoms with van der Waals surface area (Å²) in [5.74, 6) is -1.94. The zero-order chi connectivity index (χ0) is 23.3. The molecule has 1 N–H and O–H groups in total. The van der Waals surface area contributed by atoms with Gasteiger partial charge in [-0.3, -0.25) is 9.10 Å². The predicted octanol–water partition coefficient (Wildman–Crippen LogP) is 4.26. The van der Waals surface area contributed by atoms with Gasteiger partial charge in [0.2, 0.25) is 10.0 Å². The molecule has 168 valence electrons. The third kappa shape index (κ3) is 6.27. The highest BCUT2D eigenvalue weighted by atomic mass is 32.2. The van der Waals surface area contributed by atoms with Crippen LogP contribution in [0.3, 0.4) is 0 Å². The van der Waals surface area contributed by atoms with E-state index in [0.717, 1.165) is 29.5 Å². The quantitative estimate of drug-likeness (QED) is 0.545. The first-order chi connectivity index (χ1) is 15.1. The molecule has 1 amide bonds. The van der Waals surface area contributed by atoms with E-state index in [1.165, 1.54) is 16.4 Å². The Balaban J connectivity index is 1.64. The Morgan fingerprint density at radius 3 is 2.25 bits per heavy atom. The van der Waals surface area contributed by atoms with Crippen LogP contribution in [0, 0.1) is 18.6 Å². The SMILES string of the molecule is Cc1ccc(CN(c2ccc(OCC(=O)Nc3ccc(F)cc3F)cc2)S(C)(=O)=O)cc1. The maximum Gasteiger partial charge on any atom is 0.262 e. The molecule has 0 aliphatic heterocycles. The molecule has 0 saturated heterocycles. The fourth-order valence-electron chi connectivity index (χ4n) is 2.89. The Morgan fingerprint density at radius 1 is 1.00 bits per heavy atom. The van der Waals surface area contributed by atoms with Gasteiger partial charge in [-0.1, -0.05) is 29.8 Å². The monoisotopic (exact) mass is 460 g/mol. The van der Waals surface area contributed by atoms with Gasteiger partial charge in [0.15, 0.2) is 6.61 Å². The summed E-state index contributed by atoms with van der Waals surface area (Å²) in [5.41, 5.74) is 2.20. The van der Waals surface area contributed by atoms with Gasteiger partial charge in [-0.05, 0) is 48.9 Å². The third-order valence-corrected chi connectivity index (χ3v) is 5.69. The number of nitrogens with one attached hydrogen (secondary N) is 1. The number of aryl methyl sites for hydroxylation is 1. The van der Waals surface area contributed by atoms with Crippen molar-refractivity contribution in [3.05, 3.63) is 89.5 Å². The van der Waals surface area contributed by atoms with E-state index in [-0.39, 0.29) is 12.2 Å². The van der Waals surface area contributed by atoms with E-state index in [1.54, 1.807) is 12.1 Å². The Labute approximate surface area is 185 Å². The van der Waals surface area contributed by atoms with Crippen LogP contribution in [-0.4, -0.2) is 27.2 Å². The van der Waals surface area contributed by atoms with Crippen molar-refractivity contribution in [2.45, 2.75) is 13.5 Å². The van der Waals surface area contributed by atoms with Crippen molar-refractivity contribution >= 4 is 27.3 Å². The second-order valence-corrected chi connectivity index (χ2v) is 9.12. The number of amides is 1. The van der Waals surface area contributed by atoms with Gasteiger partial charge in [0.25, 0.3) is 5.91 Å². The van der Waals surface area contributed by atoms with Crippen LogP contribution in [-0.2, 0) is 21.4 Å². The summed E-state index contributed by atoms with van der Waals surface area (Å²) < 4.78 is 57.8. The second kappa shape index (κ2) is 9.78. The predicted molar refractivity (Wildman–Crippen MR) is 119 cm³/mol. The molecule has 0 heterocycles. The number of sulfonamides is 1. The summed E-state index contributed by atoms with van der Waals surface area (Å²) in [6, 6.07) is 16.6. The Kier molecular flexibility index (Phi) is 7.09. The molecule has 3 rings (SSSR count). The number of ether oxygens (including phenoxy) is 1. The fourth-order valence-corrected chi connectivity index (χ4v) is 3.78. The van der Waals surface area contributed by atoms with Gasteiger partial charge in [0.1, 0.15) is 17.4 Å². The molecule has 0 aliphatic carbocycles. The first kappa shape index (κ1) is 23.2. The first-order valence-electron chi connectivity index (χ1n) is 9.63. The fraction of sp³-hybridized carbons (Fsp3) is 0.174. The van der Waals surface area contributed by atoms with E-state index >= 15 is 0 Å². The number of anilines is 2. The molecule has 0 spiro atoms. The average Bonchev–Trinajstić information content (AvgIpc) is 2.73. The minimum absolute atomic E-state index is 0.157. The van der Waals surface area contributed by atoms with Gasteiger partial charge in [-0.15, -0.1) is 0 Å². The van der Waals surface area contributed by atoms with Gasteiger partial charge in [0, 0.05) is 6.07 Å². The number of halogens is 2. The maximum atomic E-state index is 13.6. The molecule has 0 saturated carbocycles. The molecule has 9 heteroatoms. The van der Waals surface area contributed by atoms with Gasteiger partial charge in [-0.25, -0.2) is 17.2 Å². The van der Waals surface area contributed by atoms with Crippen molar-refractivity contribution in [2.75, 3.05) is 22.5 Å². The second-order valence-electron chi connectivity index (χ2n) is 7.21. The van der Waals surface area contributed by atoms with Crippen molar-refractivity contribution in [3.63, 3.8) is 0 Å². The highest BCUT2D eigenvalue weighted by molar-refractivity contribution is 7.92. The molecule has 32 heavy (non-hydrogen) atoms.